The molecular weight excluding hydrogens is 296 g/mol. The molecule has 0 saturated carbocycles. The van der Waals surface area contributed by atoms with Crippen LogP contribution in [0.25, 0.3) is 22.2 Å². The zero-order valence-electron chi connectivity index (χ0n) is 13.8. The first-order valence-electron chi connectivity index (χ1n) is 8.47. The van der Waals surface area contributed by atoms with Crippen LogP contribution >= 0.6 is 0 Å². The van der Waals surface area contributed by atoms with E-state index in [-0.39, 0.29) is 5.91 Å². The van der Waals surface area contributed by atoms with Gasteiger partial charge in [-0.15, -0.1) is 0 Å². The van der Waals surface area contributed by atoms with Crippen LogP contribution in [0.2, 0.25) is 0 Å². The Labute approximate surface area is 141 Å². The molecule has 1 aliphatic heterocycles. The van der Waals surface area contributed by atoms with Crippen LogP contribution in [0, 0.1) is 5.92 Å². The van der Waals surface area contributed by atoms with Crippen LogP contribution in [0.5, 0.6) is 0 Å². The molecule has 3 aromatic rings. The molecule has 2 heterocycles. The van der Waals surface area contributed by atoms with E-state index in [0.717, 1.165) is 47.2 Å². The summed E-state index contributed by atoms with van der Waals surface area (Å²) in [5.41, 5.74) is 3.51. The Hall–Kier alpha value is -2.68. The second kappa shape index (κ2) is 6.08. The molecule has 0 radical (unpaired) electrons. The summed E-state index contributed by atoms with van der Waals surface area (Å²) in [5.74, 6) is 0.700. The number of fused-ring (bicyclic) bond motifs is 1. The molecular formula is C21H20N2O. The molecule has 1 atom stereocenters. The van der Waals surface area contributed by atoms with E-state index in [4.69, 9.17) is 4.98 Å². The van der Waals surface area contributed by atoms with Crippen molar-refractivity contribution in [1.29, 1.82) is 0 Å². The average Bonchev–Trinajstić information content (AvgIpc) is 3.07. The molecule has 4 rings (SSSR count). The number of amides is 1. The predicted molar refractivity (Wildman–Crippen MR) is 96.9 cm³/mol. The molecule has 3 heteroatoms. The monoisotopic (exact) mass is 316 g/mol. The van der Waals surface area contributed by atoms with Crippen molar-refractivity contribution in [3.05, 3.63) is 66.2 Å². The first kappa shape index (κ1) is 14.9. The minimum Gasteiger partial charge on any atom is -0.338 e. The summed E-state index contributed by atoms with van der Waals surface area (Å²) < 4.78 is 0. The molecule has 120 valence electrons. The van der Waals surface area contributed by atoms with Gasteiger partial charge in [-0.2, -0.15) is 0 Å². The molecule has 24 heavy (non-hydrogen) atoms. The molecule has 3 nitrogen and oxygen atoms in total. The third kappa shape index (κ3) is 2.67. The number of hydrogen-bond acceptors (Lipinski definition) is 2. The van der Waals surface area contributed by atoms with Gasteiger partial charge >= 0.3 is 0 Å². The van der Waals surface area contributed by atoms with Crippen molar-refractivity contribution in [2.45, 2.75) is 13.3 Å². The van der Waals surface area contributed by atoms with Gasteiger partial charge < -0.3 is 4.90 Å². The van der Waals surface area contributed by atoms with Gasteiger partial charge in [0, 0.05) is 24.0 Å². The van der Waals surface area contributed by atoms with E-state index in [1.165, 1.54) is 0 Å². The van der Waals surface area contributed by atoms with Gasteiger partial charge in [-0.05, 0) is 24.5 Å². The SMILES string of the molecule is CC1CCN(C(=O)c2cc(-c3ccccc3)nc3ccccc23)C1. The fourth-order valence-corrected chi connectivity index (χ4v) is 3.40. The molecule has 0 N–H and O–H groups in total. The van der Waals surface area contributed by atoms with Crippen LogP contribution in [-0.4, -0.2) is 28.9 Å². The fraction of sp³-hybridized carbons (Fsp3) is 0.238. The van der Waals surface area contributed by atoms with E-state index >= 15 is 0 Å². The highest BCUT2D eigenvalue weighted by molar-refractivity contribution is 6.07. The Balaban J connectivity index is 1.85. The quantitative estimate of drug-likeness (QED) is 0.703. The number of likely N-dealkylation sites (tertiary alicyclic amines) is 1. The van der Waals surface area contributed by atoms with Crippen molar-refractivity contribution in [1.82, 2.24) is 9.88 Å². The molecule has 1 unspecified atom stereocenters. The van der Waals surface area contributed by atoms with Crippen molar-refractivity contribution in [2.24, 2.45) is 5.92 Å². The summed E-state index contributed by atoms with van der Waals surface area (Å²) in [6, 6.07) is 19.9. The summed E-state index contributed by atoms with van der Waals surface area (Å²) in [6.07, 6.45) is 1.08. The number of carbonyl (C=O) groups is 1. The summed E-state index contributed by atoms with van der Waals surface area (Å²) in [7, 11) is 0. The van der Waals surface area contributed by atoms with Gasteiger partial charge in [0.1, 0.15) is 0 Å². The minimum atomic E-state index is 0.120. The number of benzene rings is 2. The summed E-state index contributed by atoms with van der Waals surface area (Å²) >= 11 is 0. The molecule has 2 aromatic carbocycles. The van der Waals surface area contributed by atoms with Gasteiger partial charge in [-0.25, -0.2) is 4.98 Å². The fourth-order valence-electron chi connectivity index (χ4n) is 3.40. The summed E-state index contributed by atoms with van der Waals surface area (Å²) in [6.45, 7) is 3.89. The highest BCUT2D eigenvalue weighted by Gasteiger charge is 2.26. The van der Waals surface area contributed by atoms with Crippen molar-refractivity contribution in [3.63, 3.8) is 0 Å². The Morgan fingerprint density at radius 3 is 2.58 bits per heavy atom. The number of rotatable bonds is 2. The van der Waals surface area contributed by atoms with Crippen LogP contribution in [-0.2, 0) is 0 Å². The van der Waals surface area contributed by atoms with Gasteiger partial charge in [0.15, 0.2) is 0 Å². The van der Waals surface area contributed by atoms with Gasteiger partial charge in [0.2, 0.25) is 0 Å². The minimum absolute atomic E-state index is 0.120. The topological polar surface area (TPSA) is 33.2 Å². The molecule has 1 fully saturated rings. The highest BCUT2D eigenvalue weighted by atomic mass is 16.2. The smallest absolute Gasteiger partial charge is 0.254 e. The van der Waals surface area contributed by atoms with Gasteiger partial charge in [0.25, 0.3) is 5.91 Å². The van der Waals surface area contributed by atoms with Crippen LogP contribution in [0.4, 0.5) is 0 Å². The van der Waals surface area contributed by atoms with Crippen LogP contribution in [0.15, 0.2) is 60.7 Å². The predicted octanol–water partition coefficient (Wildman–Crippen LogP) is 4.38. The van der Waals surface area contributed by atoms with E-state index in [1.807, 2.05) is 65.6 Å². The number of hydrogen-bond donors (Lipinski definition) is 0. The number of pyridine rings is 1. The zero-order chi connectivity index (χ0) is 16.5. The molecule has 1 amide bonds. The Morgan fingerprint density at radius 2 is 1.83 bits per heavy atom. The first-order valence-corrected chi connectivity index (χ1v) is 8.47. The third-order valence-corrected chi connectivity index (χ3v) is 4.73. The Morgan fingerprint density at radius 1 is 1.08 bits per heavy atom. The molecule has 1 saturated heterocycles. The molecule has 0 aliphatic carbocycles. The molecule has 1 aromatic heterocycles. The standard InChI is InChI=1S/C21H20N2O/c1-15-11-12-23(14-15)21(24)18-13-20(16-7-3-2-4-8-16)22-19-10-6-5-9-17(18)19/h2-10,13,15H,11-12,14H2,1H3. The average molecular weight is 316 g/mol. The largest absolute Gasteiger partial charge is 0.338 e. The van der Waals surface area contributed by atoms with Crippen molar-refractivity contribution < 1.29 is 4.79 Å². The third-order valence-electron chi connectivity index (χ3n) is 4.73. The maximum absolute atomic E-state index is 13.1. The Kier molecular flexibility index (Phi) is 3.77. The summed E-state index contributed by atoms with van der Waals surface area (Å²) in [4.78, 5) is 19.8. The number of para-hydroxylation sites is 1. The zero-order valence-corrected chi connectivity index (χ0v) is 13.8. The summed E-state index contributed by atoms with van der Waals surface area (Å²) in [5, 5.41) is 0.932. The van der Waals surface area contributed by atoms with E-state index < -0.39 is 0 Å². The van der Waals surface area contributed by atoms with E-state index in [2.05, 4.69) is 6.92 Å². The lowest BCUT2D eigenvalue weighted by atomic mass is 10.0. The van der Waals surface area contributed by atoms with Gasteiger partial charge in [0.05, 0.1) is 16.8 Å². The molecule has 0 spiro atoms. The van der Waals surface area contributed by atoms with E-state index in [0.29, 0.717) is 5.92 Å². The lowest BCUT2D eigenvalue weighted by Gasteiger charge is -2.18. The van der Waals surface area contributed by atoms with Crippen LogP contribution in [0.1, 0.15) is 23.7 Å². The van der Waals surface area contributed by atoms with Crippen molar-refractivity contribution in [3.8, 4) is 11.3 Å². The van der Waals surface area contributed by atoms with Crippen molar-refractivity contribution >= 4 is 16.8 Å². The maximum Gasteiger partial charge on any atom is 0.254 e. The number of aromatic nitrogens is 1. The van der Waals surface area contributed by atoms with Crippen molar-refractivity contribution in [2.75, 3.05) is 13.1 Å². The second-order valence-corrected chi connectivity index (χ2v) is 6.58. The van der Waals surface area contributed by atoms with Gasteiger partial charge in [-0.3, -0.25) is 4.79 Å². The number of carbonyl (C=O) groups excluding carboxylic acids is 1. The lowest BCUT2D eigenvalue weighted by Crippen LogP contribution is -2.28. The van der Waals surface area contributed by atoms with Crippen LogP contribution < -0.4 is 0 Å². The Bertz CT molecular complexity index is 889. The van der Waals surface area contributed by atoms with E-state index in [1.54, 1.807) is 0 Å². The van der Waals surface area contributed by atoms with Gasteiger partial charge in [-0.1, -0.05) is 55.5 Å². The molecule has 1 aliphatic rings. The maximum atomic E-state index is 13.1. The normalized spacial score (nSPS) is 17.4. The number of nitrogens with zero attached hydrogens (tertiary/aromatic N) is 2. The van der Waals surface area contributed by atoms with Crippen LogP contribution in [0.3, 0.4) is 0 Å². The first-order chi connectivity index (χ1) is 11.7. The van der Waals surface area contributed by atoms with E-state index in [9.17, 15) is 4.79 Å². The second-order valence-electron chi connectivity index (χ2n) is 6.58. The highest BCUT2D eigenvalue weighted by Crippen LogP contribution is 2.27. The lowest BCUT2D eigenvalue weighted by molar-refractivity contribution is 0.0790. The molecule has 0 bridgehead atoms.